The average molecular weight is 667 g/mol. The van der Waals surface area contributed by atoms with Crippen molar-refractivity contribution in [2.75, 3.05) is 82.7 Å². The third-order valence-electron chi connectivity index (χ3n) is 10.2. The molecule has 3 aromatic carbocycles. The number of amides is 1. The lowest BCUT2D eigenvalue weighted by Gasteiger charge is -2.40. The first-order valence-corrected chi connectivity index (χ1v) is 17.7. The fraction of sp³-hybridized carbons (Fsp3) is 0.462. The lowest BCUT2D eigenvalue weighted by Crippen LogP contribution is -2.40. The average Bonchev–Trinajstić information content (AvgIpc) is 3.27. The maximum Gasteiger partial charge on any atom is 0.251 e. The number of methoxy groups -OCH3 is 1. The predicted molar refractivity (Wildman–Crippen MR) is 189 cm³/mol. The lowest BCUT2D eigenvalue weighted by atomic mass is 9.67. The summed E-state index contributed by atoms with van der Waals surface area (Å²) in [5, 5.41) is 12.4. The van der Waals surface area contributed by atoms with Crippen LogP contribution in [-0.4, -0.2) is 90.3 Å². The highest BCUT2D eigenvalue weighted by Gasteiger charge is 2.56. The van der Waals surface area contributed by atoms with Crippen molar-refractivity contribution in [1.29, 1.82) is 5.41 Å². The maximum absolute atomic E-state index is 13.8. The van der Waals surface area contributed by atoms with Crippen LogP contribution in [0.15, 0.2) is 54.6 Å². The predicted octanol–water partition coefficient (Wildman–Crippen LogP) is 5.73. The first-order chi connectivity index (χ1) is 24.0. The Labute approximate surface area is 288 Å². The minimum Gasteiger partial charge on any atom is -0.457 e. The van der Waals surface area contributed by atoms with Gasteiger partial charge >= 0.3 is 0 Å². The molecule has 0 saturated carbocycles. The Morgan fingerprint density at radius 2 is 1.39 bits per heavy atom. The molecule has 0 radical (unpaired) electrons. The number of ketones is 1. The van der Waals surface area contributed by atoms with Crippen LogP contribution < -0.4 is 19.9 Å². The van der Waals surface area contributed by atoms with E-state index in [0.717, 1.165) is 93.8 Å². The molecule has 3 aliphatic heterocycles. The monoisotopic (exact) mass is 666 g/mol. The van der Waals surface area contributed by atoms with Gasteiger partial charge in [0.05, 0.1) is 30.9 Å². The second-order valence-corrected chi connectivity index (χ2v) is 13.2. The van der Waals surface area contributed by atoms with Crippen molar-refractivity contribution in [3.8, 4) is 11.5 Å². The molecule has 258 valence electrons. The van der Waals surface area contributed by atoms with E-state index in [9.17, 15) is 15.0 Å². The molecule has 0 aromatic heterocycles. The van der Waals surface area contributed by atoms with Gasteiger partial charge in [0, 0.05) is 98.8 Å². The number of hydrogen-bond acceptors (Lipinski definition) is 9. The van der Waals surface area contributed by atoms with E-state index in [1.807, 2.05) is 24.3 Å². The van der Waals surface area contributed by atoms with Crippen LogP contribution in [0.25, 0.3) is 0 Å². The number of nitrogens with one attached hydrogen (secondary N) is 2. The van der Waals surface area contributed by atoms with Gasteiger partial charge in [-0.05, 0) is 61.6 Å². The molecule has 3 heterocycles. The van der Waals surface area contributed by atoms with E-state index >= 15 is 0 Å². The van der Waals surface area contributed by atoms with Crippen molar-refractivity contribution in [2.24, 2.45) is 0 Å². The van der Waals surface area contributed by atoms with Gasteiger partial charge in [-0.3, -0.25) is 15.0 Å². The summed E-state index contributed by atoms with van der Waals surface area (Å²) in [6, 6.07) is 17.4. The Balaban J connectivity index is 1.07. The number of benzene rings is 3. The molecular formula is C39H46N4O6. The minimum absolute atomic E-state index is 0.0269. The Morgan fingerprint density at radius 3 is 1.98 bits per heavy atom. The molecule has 2 fully saturated rings. The van der Waals surface area contributed by atoms with Crippen molar-refractivity contribution in [3.63, 3.8) is 0 Å². The Kier molecular flexibility index (Phi) is 9.98. The standard InChI is InChI=1S/C39H46N4O6/c1-46-19-4-2-3-5-20-47-22-23-48-21-14-41-38(45)27-8-11-30-33(24-27)39(37(40)36(30)44)31-12-9-28(42-15-6-16-42)25-34(31)49-35-26-29(10-13-32(35)39)43-17-7-18-43/h8-13,24-26,40H,2-7,14-23H2,1H3,(H,41,45). The fourth-order valence-corrected chi connectivity index (χ4v) is 7.27. The normalized spacial score (nSPS) is 16.8. The van der Waals surface area contributed by atoms with Crippen molar-refractivity contribution in [2.45, 2.75) is 43.9 Å². The van der Waals surface area contributed by atoms with Gasteiger partial charge < -0.3 is 34.1 Å². The summed E-state index contributed by atoms with van der Waals surface area (Å²) in [6.45, 7) is 7.17. The fourth-order valence-electron chi connectivity index (χ4n) is 7.27. The minimum atomic E-state index is -1.19. The second kappa shape index (κ2) is 14.7. The van der Waals surface area contributed by atoms with Gasteiger partial charge in [0.15, 0.2) is 0 Å². The summed E-state index contributed by atoms with van der Waals surface area (Å²) in [5.41, 5.74) is 3.91. The molecule has 0 unspecified atom stereocenters. The Morgan fingerprint density at radius 1 is 0.776 bits per heavy atom. The zero-order chi connectivity index (χ0) is 33.8. The van der Waals surface area contributed by atoms with Crippen molar-refractivity contribution in [3.05, 3.63) is 82.4 Å². The highest BCUT2D eigenvalue weighted by atomic mass is 16.5. The van der Waals surface area contributed by atoms with Crippen LogP contribution in [0.4, 0.5) is 11.4 Å². The van der Waals surface area contributed by atoms with Crippen LogP contribution in [0.1, 0.15) is 75.9 Å². The summed E-state index contributed by atoms with van der Waals surface area (Å²) < 4.78 is 23.0. The molecule has 0 bridgehead atoms. The number of nitrogens with zero attached hydrogens (tertiary/aromatic N) is 2. The molecular weight excluding hydrogens is 620 g/mol. The molecule has 1 amide bonds. The van der Waals surface area contributed by atoms with Gasteiger partial charge in [-0.1, -0.05) is 25.0 Å². The molecule has 2 saturated heterocycles. The summed E-state index contributed by atoms with van der Waals surface area (Å²) >= 11 is 0. The number of carbonyl (C=O) groups excluding carboxylic acids is 2. The molecule has 1 aliphatic carbocycles. The number of fused-ring (bicyclic) bond motifs is 6. The lowest BCUT2D eigenvalue weighted by molar-refractivity contribution is 0.0466. The van der Waals surface area contributed by atoms with Gasteiger partial charge in [0.25, 0.3) is 5.91 Å². The van der Waals surface area contributed by atoms with Gasteiger partial charge in [-0.25, -0.2) is 0 Å². The van der Waals surface area contributed by atoms with Gasteiger partial charge in [-0.2, -0.15) is 0 Å². The van der Waals surface area contributed by atoms with Crippen LogP contribution in [0.3, 0.4) is 0 Å². The van der Waals surface area contributed by atoms with Crippen LogP contribution in [0, 0.1) is 5.41 Å². The van der Waals surface area contributed by atoms with E-state index in [2.05, 4.69) is 27.2 Å². The molecule has 2 N–H and O–H groups in total. The SMILES string of the molecule is COCCCCCCOCCOCCNC(=O)c1ccc2c(c1)C1(C(=N)C2=O)c2ccc(N3CCC3)cc2Oc2cc(N3CCC3)ccc21. The third-order valence-corrected chi connectivity index (χ3v) is 10.2. The number of Topliss-reactive ketones (excluding diaryl/α,β-unsaturated/α-hetero) is 1. The molecule has 7 rings (SSSR count). The highest BCUT2D eigenvalue weighted by Crippen LogP contribution is 2.57. The number of hydrogen-bond donors (Lipinski definition) is 2. The summed E-state index contributed by atoms with van der Waals surface area (Å²) in [5.74, 6) is 0.689. The summed E-state index contributed by atoms with van der Waals surface area (Å²) in [7, 11) is 1.73. The van der Waals surface area contributed by atoms with E-state index in [4.69, 9.17) is 18.9 Å². The zero-order valence-corrected chi connectivity index (χ0v) is 28.4. The van der Waals surface area contributed by atoms with E-state index in [0.29, 0.717) is 61.2 Å². The zero-order valence-electron chi connectivity index (χ0n) is 28.4. The molecule has 10 heteroatoms. The van der Waals surface area contributed by atoms with Crippen molar-refractivity contribution < 1.29 is 28.5 Å². The molecule has 49 heavy (non-hydrogen) atoms. The summed E-state index contributed by atoms with van der Waals surface area (Å²) in [6.07, 6.45) is 6.68. The molecule has 1 spiro atoms. The quantitative estimate of drug-likeness (QED) is 0.187. The van der Waals surface area contributed by atoms with E-state index in [1.165, 1.54) is 0 Å². The van der Waals surface area contributed by atoms with Crippen LogP contribution in [0.5, 0.6) is 11.5 Å². The van der Waals surface area contributed by atoms with Crippen LogP contribution in [0.2, 0.25) is 0 Å². The smallest absolute Gasteiger partial charge is 0.251 e. The largest absolute Gasteiger partial charge is 0.457 e. The van der Waals surface area contributed by atoms with E-state index < -0.39 is 5.41 Å². The third kappa shape index (κ3) is 6.33. The van der Waals surface area contributed by atoms with E-state index in [-0.39, 0.29) is 17.4 Å². The number of unbranched alkanes of at least 4 members (excludes halogenated alkanes) is 3. The molecule has 4 aliphatic rings. The summed E-state index contributed by atoms with van der Waals surface area (Å²) in [4.78, 5) is 31.8. The number of ether oxygens (including phenoxy) is 4. The van der Waals surface area contributed by atoms with E-state index in [1.54, 1.807) is 25.3 Å². The van der Waals surface area contributed by atoms with Crippen molar-refractivity contribution >= 4 is 28.8 Å². The molecule has 10 nitrogen and oxygen atoms in total. The van der Waals surface area contributed by atoms with Crippen LogP contribution >= 0.6 is 0 Å². The van der Waals surface area contributed by atoms with Crippen LogP contribution in [-0.2, 0) is 19.6 Å². The van der Waals surface area contributed by atoms with Gasteiger partial charge in [0.1, 0.15) is 11.5 Å². The first kappa shape index (κ1) is 33.3. The maximum atomic E-state index is 13.8. The number of anilines is 2. The highest BCUT2D eigenvalue weighted by molar-refractivity contribution is 6.53. The first-order valence-electron chi connectivity index (χ1n) is 17.7. The van der Waals surface area contributed by atoms with Crippen molar-refractivity contribution in [1.82, 2.24) is 5.32 Å². The number of carbonyl (C=O) groups is 2. The van der Waals surface area contributed by atoms with Gasteiger partial charge in [0.2, 0.25) is 5.78 Å². The molecule has 0 atom stereocenters. The molecule has 3 aromatic rings. The Bertz CT molecular complexity index is 1650. The topological polar surface area (TPSA) is 113 Å². The van der Waals surface area contributed by atoms with Gasteiger partial charge in [-0.15, -0.1) is 0 Å². The number of rotatable bonds is 16. The second-order valence-electron chi connectivity index (χ2n) is 13.2. The Hall–Kier alpha value is -4.25.